The van der Waals surface area contributed by atoms with Gasteiger partial charge in [0.25, 0.3) is 5.91 Å². The van der Waals surface area contributed by atoms with Gasteiger partial charge >= 0.3 is 0 Å². The lowest BCUT2D eigenvalue weighted by Crippen LogP contribution is -2.56. The number of carbonyl (C=O) groups is 3. The topological polar surface area (TPSA) is 90.4 Å². The first-order valence-corrected chi connectivity index (χ1v) is 13.9. The molecule has 8 nitrogen and oxygen atoms in total. The quantitative estimate of drug-likeness (QED) is 0.582. The van der Waals surface area contributed by atoms with Crippen molar-refractivity contribution in [2.75, 3.05) is 37.7 Å². The summed E-state index contributed by atoms with van der Waals surface area (Å²) in [5.41, 5.74) is -1.57. The first-order chi connectivity index (χ1) is 18.8. The number of benzene rings is 2. The lowest BCUT2D eigenvalue weighted by atomic mass is 9.74. The van der Waals surface area contributed by atoms with Gasteiger partial charge in [-0.25, -0.2) is 0 Å². The summed E-state index contributed by atoms with van der Waals surface area (Å²) in [7, 11) is 0. The maximum Gasteiger partial charge on any atom is 0.253 e. The SMILES string of the molecule is CCCN1CC=C[C@]2(C)O[C@]34C=CCN(c5ccc6ccccc6c5)C(=O)C3N(CCCO)C(=O)[C@@H]4[C@@H]2C1=O. The average molecular weight is 530 g/mol. The van der Waals surface area contributed by atoms with E-state index in [1.165, 1.54) is 0 Å². The number of nitrogens with zero attached hydrogens (tertiary/aromatic N) is 3. The Morgan fingerprint density at radius 1 is 0.923 bits per heavy atom. The summed E-state index contributed by atoms with van der Waals surface area (Å²) in [5.74, 6) is -2.20. The van der Waals surface area contributed by atoms with E-state index in [1.807, 2.05) is 80.6 Å². The molecule has 0 saturated carbocycles. The summed E-state index contributed by atoms with van der Waals surface area (Å²) in [6.07, 6.45) is 8.75. The number of fused-ring (bicyclic) bond motifs is 3. The molecule has 3 amide bonds. The fourth-order valence-electron chi connectivity index (χ4n) is 7.10. The molecular formula is C31H35N3O5. The van der Waals surface area contributed by atoms with Crippen LogP contribution in [0.15, 0.2) is 66.8 Å². The van der Waals surface area contributed by atoms with E-state index >= 15 is 0 Å². The molecular weight excluding hydrogens is 494 g/mol. The zero-order chi connectivity index (χ0) is 27.4. The third-order valence-corrected chi connectivity index (χ3v) is 8.74. The molecule has 1 unspecified atom stereocenters. The predicted molar refractivity (Wildman–Crippen MR) is 148 cm³/mol. The average Bonchev–Trinajstić information content (AvgIpc) is 3.20. The number of aliphatic hydroxyl groups is 1. The van der Waals surface area contributed by atoms with E-state index in [0.29, 0.717) is 26.1 Å². The standard InChI is InChI=1S/C31H35N3O5/c1-3-15-32-16-6-13-30(2)24(27(32)36)25-28(37)34(18-8-19-35)26-29(38)33(17-7-14-31(25,26)39-30)23-12-11-21-9-4-5-10-22(21)20-23/h4-7,9-14,20,24-26,35H,3,8,15-19H2,1-2H3/t24-,25+,26?,30+,31+/m1/s1. The van der Waals surface area contributed by atoms with Gasteiger partial charge in [0.1, 0.15) is 11.6 Å². The van der Waals surface area contributed by atoms with Gasteiger partial charge in [-0.05, 0) is 42.7 Å². The molecule has 2 saturated heterocycles. The summed E-state index contributed by atoms with van der Waals surface area (Å²) < 4.78 is 6.84. The summed E-state index contributed by atoms with van der Waals surface area (Å²) in [6, 6.07) is 12.9. The minimum atomic E-state index is -1.29. The van der Waals surface area contributed by atoms with Crippen LogP contribution in [-0.4, -0.2) is 82.7 Å². The lowest BCUT2D eigenvalue weighted by Gasteiger charge is -2.37. The molecule has 39 heavy (non-hydrogen) atoms. The molecule has 5 atom stereocenters. The zero-order valence-electron chi connectivity index (χ0n) is 22.5. The van der Waals surface area contributed by atoms with Crippen molar-refractivity contribution in [2.24, 2.45) is 11.8 Å². The van der Waals surface area contributed by atoms with E-state index in [0.717, 1.165) is 22.9 Å². The Morgan fingerprint density at radius 2 is 1.69 bits per heavy atom. The van der Waals surface area contributed by atoms with Crippen LogP contribution in [-0.2, 0) is 19.1 Å². The number of ether oxygens (including phenoxy) is 1. The van der Waals surface area contributed by atoms with Crippen LogP contribution >= 0.6 is 0 Å². The van der Waals surface area contributed by atoms with Crippen molar-refractivity contribution in [1.29, 1.82) is 0 Å². The zero-order valence-corrected chi connectivity index (χ0v) is 22.5. The summed E-state index contributed by atoms with van der Waals surface area (Å²) in [6.45, 7) is 5.36. The first kappa shape index (κ1) is 25.8. The van der Waals surface area contributed by atoms with E-state index in [9.17, 15) is 19.5 Å². The van der Waals surface area contributed by atoms with Gasteiger partial charge in [0.15, 0.2) is 0 Å². The Kier molecular flexibility index (Phi) is 6.35. The molecule has 0 aliphatic carbocycles. The number of hydrogen-bond donors (Lipinski definition) is 1. The van der Waals surface area contributed by atoms with E-state index in [-0.39, 0.29) is 30.9 Å². The van der Waals surface area contributed by atoms with Crippen molar-refractivity contribution in [1.82, 2.24) is 9.80 Å². The van der Waals surface area contributed by atoms with Crippen LogP contribution in [0.2, 0.25) is 0 Å². The molecule has 4 aliphatic rings. The molecule has 0 bridgehead atoms. The molecule has 8 heteroatoms. The highest BCUT2D eigenvalue weighted by Gasteiger charge is 2.74. The molecule has 6 rings (SSSR count). The van der Waals surface area contributed by atoms with Gasteiger partial charge in [0, 0.05) is 38.5 Å². The van der Waals surface area contributed by atoms with Gasteiger partial charge < -0.3 is 24.5 Å². The second-order valence-electron chi connectivity index (χ2n) is 11.2. The monoisotopic (exact) mass is 529 g/mol. The number of hydrogen-bond acceptors (Lipinski definition) is 5. The number of aliphatic hydroxyl groups excluding tert-OH is 1. The first-order valence-electron chi connectivity index (χ1n) is 13.9. The van der Waals surface area contributed by atoms with Crippen molar-refractivity contribution in [2.45, 2.75) is 43.9 Å². The van der Waals surface area contributed by atoms with Crippen LogP contribution in [0.3, 0.4) is 0 Å². The lowest BCUT2D eigenvalue weighted by molar-refractivity contribution is -0.148. The highest BCUT2D eigenvalue weighted by molar-refractivity contribution is 6.06. The maximum atomic E-state index is 14.5. The molecule has 4 aliphatic heterocycles. The Morgan fingerprint density at radius 3 is 2.46 bits per heavy atom. The number of amides is 3. The highest BCUT2D eigenvalue weighted by atomic mass is 16.5. The minimum absolute atomic E-state index is 0.111. The molecule has 1 N–H and O–H groups in total. The molecule has 1 spiro atoms. The molecule has 2 aromatic rings. The molecule has 0 radical (unpaired) electrons. The van der Waals surface area contributed by atoms with E-state index in [1.54, 1.807) is 14.7 Å². The number of carbonyl (C=O) groups excluding carboxylic acids is 3. The van der Waals surface area contributed by atoms with Gasteiger partial charge in [-0.3, -0.25) is 14.4 Å². The van der Waals surface area contributed by atoms with E-state index in [4.69, 9.17) is 4.74 Å². The number of anilines is 1. The Bertz CT molecular complexity index is 1390. The van der Waals surface area contributed by atoms with Crippen molar-refractivity contribution >= 4 is 34.2 Å². The van der Waals surface area contributed by atoms with Crippen molar-refractivity contribution in [3.63, 3.8) is 0 Å². The molecule has 0 aromatic heterocycles. The molecule has 2 aromatic carbocycles. The largest absolute Gasteiger partial charge is 0.396 e. The maximum absolute atomic E-state index is 14.5. The fraction of sp³-hybridized carbons (Fsp3) is 0.452. The van der Waals surface area contributed by atoms with Crippen LogP contribution in [0, 0.1) is 11.8 Å². The Hall–Kier alpha value is -3.49. The summed E-state index contributed by atoms with van der Waals surface area (Å²) in [5, 5.41) is 11.7. The fourth-order valence-corrected chi connectivity index (χ4v) is 7.10. The van der Waals surface area contributed by atoms with Crippen LogP contribution in [0.1, 0.15) is 26.7 Å². The summed E-state index contributed by atoms with van der Waals surface area (Å²) in [4.78, 5) is 47.7. The Labute approximate surface area is 228 Å². The van der Waals surface area contributed by atoms with Crippen LogP contribution in [0.4, 0.5) is 5.69 Å². The minimum Gasteiger partial charge on any atom is -0.396 e. The van der Waals surface area contributed by atoms with Crippen LogP contribution < -0.4 is 4.90 Å². The van der Waals surface area contributed by atoms with E-state index < -0.39 is 29.1 Å². The normalized spacial score (nSPS) is 31.9. The summed E-state index contributed by atoms with van der Waals surface area (Å²) >= 11 is 0. The van der Waals surface area contributed by atoms with Gasteiger partial charge in [-0.2, -0.15) is 0 Å². The predicted octanol–water partition coefficient (Wildman–Crippen LogP) is 2.90. The third-order valence-electron chi connectivity index (χ3n) is 8.74. The second-order valence-corrected chi connectivity index (χ2v) is 11.2. The Balaban J connectivity index is 1.46. The van der Waals surface area contributed by atoms with Crippen LogP contribution in [0.5, 0.6) is 0 Å². The molecule has 2 fully saturated rings. The van der Waals surface area contributed by atoms with Crippen molar-refractivity contribution in [3.8, 4) is 0 Å². The van der Waals surface area contributed by atoms with Gasteiger partial charge in [0.2, 0.25) is 11.8 Å². The number of rotatable bonds is 6. The number of likely N-dealkylation sites (tertiary alicyclic amines) is 1. The molecule has 204 valence electrons. The van der Waals surface area contributed by atoms with Gasteiger partial charge in [-0.15, -0.1) is 0 Å². The smallest absolute Gasteiger partial charge is 0.253 e. The van der Waals surface area contributed by atoms with Crippen molar-refractivity contribution < 1.29 is 24.2 Å². The van der Waals surface area contributed by atoms with Crippen molar-refractivity contribution in [3.05, 3.63) is 66.8 Å². The highest BCUT2D eigenvalue weighted by Crippen LogP contribution is 2.57. The third kappa shape index (κ3) is 3.84. The van der Waals surface area contributed by atoms with Gasteiger partial charge in [-0.1, -0.05) is 61.6 Å². The van der Waals surface area contributed by atoms with Gasteiger partial charge in [0.05, 0.1) is 17.4 Å². The van der Waals surface area contributed by atoms with Crippen LogP contribution in [0.25, 0.3) is 10.8 Å². The van der Waals surface area contributed by atoms with E-state index in [2.05, 4.69) is 0 Å². The second kappa shape index (κ2) is 9.61. The molecule has 4 heterocycles.